The van der Waals surface area contributed by atoms with Crippen molar-refractivity contribution in [3.05, 3.63) is 54.1 Å². The van der Waals surface area contributed by atoms with Crippen LogP contribution in [0.1, 0.15) is 32.8 Å². The van der Waals surface area contributed by atoms with Crippen LogP contribution in [-0.2, 0) is 14.7 Å². The van der Waals surface area contributed by atoms with Crippen LogP contribution in [0.5, 0.6) is 5.75 Å². The zero-order chi connectivity index (χ0) is 23.7. The molecule has 1 aliphatic heterocycles. The van der Waals surface area contributed by atoms with Gasteiger partial charge >= 0.3 is 7.60 Å². The van der Waals surface area contributed by atoms with Crippen LogP contribution in [0.3, 0.4) is 0 Å². The molecule has 9 heteroatoms. The molecule has 1 aliphatic rings. The number of ether oxygens (including phenoxy) is 2. The summed E-state index contributed by atoms with van der Waals surface area (Å²) in [5.41, 5.74) is 3.26. The summed E-state index contributed by atoms with van der Waals surface area (Å²) in [6, 6.07) is 15.4. The molecule has 0 amide bonds. The van der Waals surface area contributed by atoms with Crippen molar-refractivity contribution in [2.45, 2.75) is 63.3 Å². The Morgan fingerprint density at radius 3 is 2.19 bits per heavy atom. The lowest BCUT2D eigenvalue weighted by molar-refractivity contribution is -0.272. The van der Waals surface area contributed by atoms with Gasteiger partial charge in [-0.05, 0) is 40.7 Å². The van der Waals surface area contributed by atoms with E-state index in [2.05, 4.69) is 32.9 Å². The number of hydrogen-bond acceptors (Lipinski definition) is 6. The van der Waals surface area contributed by atoms with Gasteiger partial charge in [0.05, 0.1) is 12.3 Å². The van der Waals surface area contributed by atoms with Gasteiger partial charge in [0, 0.05) is 0 Å². The highest BCUT2D eigenvalue weighted by Crippen LogP contribution is 2.37. The third-order valence-corrected chi connectivity index (χ3v) is 6.38. The lowest BCUT2D eigenvalue weighted by Gasteiger charge is -2.40. The highest BCUT2D eigenvalue weighted by atomic mass is 31.2. The zero-order valence-electron chi connectivity index (χ0n) is 18.3. The van der Waals surface area contributed by atoms with Crippen LogP contribution in [0, 0.1) is 0 Å². The van der Waals surface area contributed by atoms with E-state index in [1.165, 1.54) is 5.56 Å². The second-order valence-corrected chi connectivity index (χ2v) is 10.9. The van der Waals surface area contributed by atoms with Gasteiger partial charge in [0.15, 0.2) is 0 Å². The molecule has 176 valence electrons. The first-order valence-electron chi connectivity index (χ1n) is 10.5. The molecule has 5 atom stereocenters. The van der Waals surface area contributed by atoms with Gasteiger partial charge in [0.2, 0.25) is 6.29 Å². The number of aliphatic hydroxyl groups excluding tert-OH is 3. The number of rotatable bonds is 6. The predicted molar refractivity (Wildman–Crippen MR) is 119 cm³/mol. The van der Waals surface area contributed by atoms with E-state index in [4.69, 9.17) is 19.3 Å². The van der Waals surface area contributed by atoms with Crippen LogP contribution in [-0.4, -0.2) is 62.0 Å². The Balaban J connectivity index is 1.72. The molecule has 0 aliphatic carbocycles. The Kier molecular flexibility index (Phi) is 7.47. The fourth-order valence-corrected chi connectivity index (χ4v) is 4.16. The summed E-state index contributed by atoms with van der Waals surface area (Å²) in [5, 5.41) is 30.5. The van der Waals surface area contributed by atoms with Crippen molar-refractivity contribution in [3.63, 3.8) is 0 Å². The first-order valence-corrected chi connectivity index (χ1v) is 12.3. The lowest BCUT2D eigenvalue weighted by Crippen LogP contribution is -2.59. The number of hydrogen-bond donors (Lipinski definition) is 5. The number of benzene rings is 2. The molecule has 3 rings (SSSR count). The standard InChI is InChI=1S/C23H31O8P/c1-23(2,3)16-6-4-5-15(13-16)14-7-9-17(10-8-14)30-22-21(26)20(25)19(24)18(31-22)11-12-32(27,28)29/h4-10,13,18-22,24-26H,11-12H2,1-3H3,(H2,27,28,29)/t18-,19-,20+,21+,22+/m1/s1. The summed E-state index contributed by atoms with van der Waals surface area (Å²) in [7, 11) is -4.31. The van der Waals surface area contributed by atoms with E-state index >= 15 is 0 Å². The summed E-state index contributed by atoms with van der Waals surface area (Å²) in [6.07, 6.45) is -7.70. The van der Waals surface area contributed by atoms with Gasteiger partial charge in [-0.25, -0.2) is 0 Å². The summed E-state index contributed by atoms with van der Waals surface area (Å²) < 4.78 is 22.3. The number of aliphatic hydroxyl groups is 3. The highest BCUT2D eigenvalue weighted by molar-refractivity contribution is 7.51. The van der Waals surface area contributed by atoms with Crippen molar-refractivity contribution in [2.75, 3.05) is 6.16 Å². The van der Waals surface area contributed by atoms with Crippen LogP contribution < -0.4 is 4.74 Å². The van der Waals surface area contributed by atoms with Crippen LogP contribution in [0.2, 0.25) is 0 Å². The van der Waals surface area contributed by atoms with Gasteiger partial charge < -0.3 is 34.6 Å². The van der Waals surface area contributed by atoms with Crippen LogP contribution >= 0.6 is 7.60 Å². The van der Waals surface area contributed by atoms with E-state index in [9.17, 15) is 19.9 Å². The summed E-state index contributed by atoms with van der Waals surface area (Å²) in [4.78, 5) is 18.1. The second-order valence-electron chi connectivity index (χ2n) is 9.16. The Labute approximate surface area is 187 Å². The molecule has 32 heavy (non-hydrogen) atoms. The molecular formula is C23H31O8P. The fourth-order valence-electron chi connectivity index (χ4n) is 3.57. The molecule has 0 spiro atoms. The van der Waals surface area contributed by atoms with Gasteiger partial charge in [0.25, 0.3) is 0 Å². The topological polar surface area (TPSA) is 137 Å². The molecule has 2 aromatic rings. The van der Waals surface area contributed by atoms with Crippen LogP contribution in [0.15, 0.2) is 48.5 Å². The first-order chi connectivity index (χ1) is 14.8. The van der Waals surface area contributed by atoms with Crippen molar-refractivity contribution in [3.8, 4) is 16.9 Å². The molecule has 8 nitrogen and oxygen atoms in total. The molecule has 0 saturated carbocycles. The molecule has 0 unspecified atom stereocenters. The van der Waals surface area contributed by atoms with Gasteiger partial charge in [-0.15, -0.1) is 0 Å². The molecule has 0 bridgehead atoms. The third kappa shape index (κ3) is 6.17. The van der Waals surface area contributed by atoms with Gasteiger partial charge in [-0.1, -0.05) is 57.2 Å². The maximum Gasteiger partial charge on any atom is 0.325 e. The Morgan fingerprint density at radius 1 is 0.938 bits per heavy atom. The van der Waals surface area contributed by atoms with E-state index in [-0.39, 0.29) is 11.8 Å². The van der Waals surface area contributed by atoms with Crippen molar-refractivity contribution >= 4 is 7.60 Å². The maximum atomic E-state index is 11.1. The summed E-state index contributed by atoms with van der Waals surface area (Å²) in [5.74, 6) is 0.377. The van der Waals surface area contributed by atoms with E-state index in [1.54, 1.807) is 12.1 Å². The monoisotopic (exact) mass is 466 g/mol. The largest absolute Gasteiger partial charge is 0.462 e. The zero-order valence-corrected chi connectivity index (χ0v) is 19.2. The normalized spacial score (nSPS) is 26.7. The molecule has 1 saturated heterocycles. The quantitative estimate of drug-likeness (QED) is 0.410. The van der Waals surface area contributed by atoms with Crippen molar-refractivity contribution < 1.29 is 39.1 Å². The van der Waals surface area contributed by atoms with E-state index < -0.39 is 44.5 Å². The maximum absolute atomic E-state index is 11.1. The molecular weight excluding hydrogens is 435 g/mol. The van der Waals surface area contributed by atoms with Crippen LogP contribution in [0.4, 0.5) is 0 Å². The minimum atomic E-state index is -4.31. The van der Waals surface area contributed by atoms with Crippen molar-refractivity contribution in [2.24, 2.45) is 0 Å². The van der Waals surface area contributed by atoms with E-state index in [1.807, 2.05) is 24.3 Å². The average molecular weight is 466 g/mol. The van der Waals surface area contributed by atoms with E-state index in [0.717, 1.165) is 11.1 Å². The van der Waals surface area contributed by atoms with Gasteiger partial charge in [-0.2, -0.15) is 0 Å². The first kappa shape index (κ1) is 24.9. The Hall–Kier alpha value is -1.77. The van der Waals surface area contributed by atoms with Crippen molar-refractivity contribution in [1.82, 2.24) is 0 Å². The molecule has 0 aromatic heterocycles. The molecule has 2 aromatic carbocycles. The second kappa shape index (κ2) is 9.61. The summed E-state index contributed by atoms with van der Waals surface area (Å²) >= 11 is 0. The SMILES string of the molecule is CC(C)(C)c1cccc(-c2ccc(O[C@H]3O[C@H](CCP(=O)(O)O)[C@@H](O)[C@H](O)[C@@H]3O)cc2)c1. The minimum Gasteiger partial charge on any atom is -0.462 e. The molecule has 0 radical (unpaired) electrons. The van der Waals surface area contributed by atoms with Crippen molar-refractivity contribution in [1.29, 1.82) is 0 Å². The molecule has 1 fully saturated rings. The molecule has 1 heterocycles. The Morgan fingerprint density at radius 2 is 1.59 bits per heavy atom. The molecule has 5 N–H and O–H groups in total. The summed E-state index contributed by atoms with van der Waals surface area (Å²) in [6.45, 7) is 6.45. The van der Waals surface area contributed by atoms with Gasteiger partial charge in [0.1, 0.15) is 24.1 Å². The third-order valence-electron chi connectivity index (χ3n) is 5.54. The van der Waals surface area contributed by atoms with Crippen LogP contribution in [0.25, 0.3) is 11.1 Å². The fraction of sp³-hybridized carbons (Fsp3) is 0.478. The van der Waals surface area contributed by atoms with Gasteiger partial charge in [-0.3, -0.25) is 4.57 Å². The smallest absolute Gasteiger partial charge is 0.325 e. The minimum absolute atomic E-state index is 0.0231. The highest BCUT2D eigenvalue weighted by Gasteiger charge is 2.45. The lowest BCUT2D eigenvalue weighted by atomic mass is 9.85. The predicted octanol–water partition coefficient (Wildman–Crippen LogP) is 2.41. The average Bonchev–Trinajstić information content (AvgIpc) is 2.72. The Bertz CT molecular complexity index is 949. The van der Waals surface area contributed by atoms with E-state index in [0.29, 0.717) is 5.75 Å².